The zero-order valence-electron chi connectivity index (χ0n) is 11.9. The molecule has 0 saturated heterocycles. The van der Waals surface area contributed by atoms with Gasteiger partial charge in [-0.2, -0.15) is 0 Å². The van der Waals surface area contributed by atoms with E-state index in [0.29, 0.717) is 6.61 Å². The Morgan fingerprint density at radius 1 is 1.05 bits per heavy atom. The Labute approximate surface area is 123 Å². The zero-order valence-corrected chi connectivity index (χ0v) is 11.9. The molecule has 1 unspecified atom stereocenters. The summed E-state index contributed by atoms with van der Waals surface area (Å²) in [5.41, 5.74) is 3.68. The molecule has 0 saturated carbocycles. The van der Waals surface area contributed by atoms with Crippen LogP contribution < -0.4 is 0 Å². The third-order valence-corrected chi connectivity index (χ3v) is 3.53. The van der Waals surface area contributed by atoms with Crippen LogP contribution in [-0.2, 0) is 11.3 Å². The highest BCUT2D eigenvalue weighted by molar-refractivity contribution is 5.78. The van der Waals surface area contributed by atoms with Crippen molar-refractivity contribution in [2.75, 3.05) is 7.11 Å². The van der Waals surface area contributed by atoms with Crippen molar-refractivity contribution < 1.29 is 9.84 Å². The van der Waals surface area contributed by atoms with Crippen LogP contribution in [0.25, 0.3) is 10.9 Å². The minimum atomic E-state index is -0.668. The fourth-order valence-electron chi connectivity index (χ4n) is 2.39. The Kier molecular flexibility index (Phi) is 3.95. The molecule has 0 aliphatic carbocycles. The first-order valence-electron chi connectivity index (χ1n) is 6.88. The van der Waals surface area contributed by atoms with Gasteiger partial charge in [0, 0.05) is 24.3 Å². The molecule has 0 aliphatic heterocycles. The van der Waals surface area contributed by atoms with Crippen molar-refractivity contribution in [2.24, 2.45) is 0 Å². The molecule has 3 nitrogen and oxygen atoms in total. The van der Waals surface area contributed by atoms with Gasteiger partial charge in [0.2, 0.25) is 0 Å². The van der Waals surface area contributed by atoms with Gasteiger partial charge in [-0.15, -0.1) is 0 Å². The number of para-hydroxylation sites is 1. The number of rotatable bonds is 4. The molecule has 1 heterocycles. The maximum absolute atomic E-state index is 10.5. The number of benzene rings is 2. The van der Waals surface area contributed by atoms with Crippen LogP contribution in [0.15, 0.2) is 60.8 Å². The van der Waals surface area contributed by atoms with Crippen molar-refractivity contribution >= 4 is 10.9 Å². The smallest absolute Gasteiger partial charge is 0.106 e. The fourth-order valence-corrected chi connectivity index (χ4v) is 2.39. The highest BCUT2D eigenvalue weighted by atomic mass is 16.5. The summed E-state index contributed by atoms with van der Waals surface area (Å²) in [5, 5.41) is 11.5. The first kappa shape index (κ1) is 13.7. The van der Waals surface area contributed by atoms with Gasteiger partial charge in [-0.3, -0.25) is 4.98 Å². The third-order valence-electron chi connectivity index (χ3n) is 3.53. The molecule has 1 atom stereocenters. The summed E-state index contributed by atoms with van der Waals surface area (Å²) in [4.78, 5) is 4.39. The van der Waals surface area contributed by atoms with Crippen LogP contribution in [0.3, 0.4) is 0 Å². The molecule has 0 spiro atoms. The zero-order chi connectivity index (χ0) is 14.7. The highest BCUT2D eigenvalue weighted by Crippen LogP contribution is 2.24. The third kappa shape index (κ3) is 2.94. The lowest BCUT2D eigenvalue weighted by Gasteiger charge is -2.12. The summed E-state index contributed by atoms with van der Waals surface area (Å²) < 4.78 is 5.09. The molecule has 0 radical (unpaired) electrons. The number of ether oxygens (including phenoxy) is 1. The van der Waals surface area contributed by atoms with Gasteiger partial charge in [0.05, 0.1) is 12.1 Å². The van der Waals surface area contributed by atoms with Crippen LogP contribution in [0.5, 0.6) is 0 Å². The van der Waals surface area contributed by atoms with E-state index in [2.05, 4.69) is 4.98 Å². The Morgan fingerprint density at radius 2 is 1.81 bits per heavy atom. The van der Waals surface area contributed by atoms with Gasteiger partial charge in [0.15, 0.2) is 0 Å². The number of hydrogen-bond acceptors (Lipinski definition) is 3. The van der Waals surface area contributed by atoms with Crippen LogP contribution in [0, 0.1) is 0 Å². The largest absolute Gasteiger partial charge is 0.384 e. The molecule has 0 fully saturated rings. The predicted molar refractivity (Wildman–Crippen MR) is 83.0 cm³/mol. The number of hydrogen-bond donors (Lipinski definition) is 1. The van der Waals surface area contributed by atoms with Gasteiger partial charge in [0.1, 0.15) is 6.10 Å². The molecule has 3 rings (SSSR count). The number of pyridine rings is 1. The van der Waals surface area contributed by atoms with E-state index in [1.165, 1.54) is 0 Å². The Bertz CT molecular complexity index is 738. The van der Waals surface area contributed by atoms with Gasteiger partial charge in [-0.25, -0.2) is 0 Å². The van der Waals surface area contributed by atoms with Crippen LogP contribution in [0.1, 0.15) is 22.8 Å². The quantitative estimate of drug-likeness (QED) is 0.795. The summed E-state index contributed by atoms with van der Waals surface area (Å²) >= 11 is 0. The second kappa shape index (κ2) is 6.04. The van der Waals surface area contributed by atoms with Crippen molar-refractivity contribution in [1.82, 2.24) is 4.98 Å². The van der Waals surface area contributed by atoms with Gasteiger partial charge in [0.25, 0.3) is 0 Å². The van der Waals surface area contributed by atoms with Crippen molar-refractivity contribution in [3.05, 3.63) is 77.5 Å². The number of methoxy groups -OCH3 is 1. The van der Waals surface area contributed by atoms with E-state index >= 15 is 0 Å². The van der Waals surface area contributed by atoms with Crippen molar-refractivity contribution in [2.45, 2.75) is 12.7 Å². The first-order valence-corrected chi connectivity index (χ1v) is 6.88. The summed E-state index contributed by atoms with van der Waals surface area (Å²) in [7, 11) is 1.67. The molecule has 3 heteroatoms. The number of fused-ring (bicyclic) bond motifs is 1. The van der Waals surface area contributed by atoms with Crippen molar-refractivity contribution in [3.63, 3.8) is 0 Å². The minimum Gasteiger partial charge on any atom is -0.384 e. The van der Waals surface area contributed by atoms with Crippen LogP contribution in [0.4, 0.5) is 0 Å². The Balaban J connectivity index is 1.90. The van der Waals surface area contributed by atoms with Gasteiger partial charge < -0.3 is 9.84 Å². The van der Waals surface area contributed by atoms with E-state index in [1.807, 2.05) is 54.6 Å². The lowest BCUT2D eigenvalue weighted by Crippen LogP contribution is -2.01. The molecule has 3 aromatic rings. The lowest BCUT2D eigenvalue weighted by molar-refractivity contribution is 0.184. The summed E-state index contributed by atoms with van der Waals surface area (Å²) in [6, 6.07) is 17.7. The van der Waals surface area contributed by atoms with Gasteiger partial charge in [-0.1, -0.05) is 42.5 Å². The molecule has 2 aromatic carbocycles. The second-order valence-corrected chi connectivity index (χ2v) is 5.04. The van der Waals surface area contributed by atoms with E-state index in [-0.39, 0.29) is 0 Å². The number of aliphatic hydroxyl groups excluding tert-OH is 1. The fraction of sp³-hybridized carbons (Fsp3) is 0.167. The maximum atomic E-state index is 10.5. The highest BCUT2D eigenvalue weighted by Gasteiger charge is 2.11. The van der Waals surface area contributed by atoms with E-state index in [4.69, 9.17) is 4.74 Å². The molecular formula is C18H17NO2. The van der Waals surface area contributed by atoms with E-state index in [1.54, 1.807) is 13.3 Å². The van der Waals surface area contributed by atoms with Crippen LogP contribution in [-0.4, -0.2) is 17.2 Å². The first-order chi connectivity index (χ1) is 10.3. The van der Waals surface area contributed by atoms with E-state index < -0.39 is 6.10 Å². The molecule has 0 aliphatic rings. The lowest BCUT2D eigenvalue weighted by atomic mass is 10.0. The molecular weight excluding hydrogens is 262 g/mol. The molecule has 0 bridgehead atoms. The number of nitrogens with zero attached hydrogens (tertiary/aromatic N) is 1. The Hall–Kier alpha value is -2.23. The number of aliphatic hydroxyl groups is 1. The maximum Gasteiger partial charge on any atom is 0.106 e. The Morgan fingerprint density at radius 3 is 2.57 bits per heavy atom. The summed E-state index contributed by atoms with van der Waals surface area (Å²) in [5.74, 6) is 0. The molecule has 0 amide bonds. The summed E-state index contributed by atoms with van der Waals surface area (Å²) in [6.07, 6.45) is 1.06. The number of aromatic nitrogens is 1. The second-order valence-electron chi connectivity index (χ2n) is 5.04. The monoisotopic (exact) mass is 279 g/mol. The molecule has 106 valence electrons. The summed E-state index contributed by atoms with van der Waals surface area (Å²) in [6.45, 7) is 0.577. The molecule has 1 aromatic heterocycles. The standard InChI is InChI=1S/C18H17NO2/c1-21-12-13-6-8-14(9-7-13)18(20)16-10-15-4-2-3-5-17(15)19-11-16/h2-11,18,20H,12H2,1H3. The van der Waals surface area contributed by atoms with E-state index in [0.717, 1.165) is 27.6 Å². The van der Waals surface area contributed by atoms with Gasteiger partial charge >= 0.3 is 0 Å². The van der Waals surface area contributed by atoms with Crippen LogP contribution >= 0.6 is 0 Å². The topological polar surface area (TPSA) is 42.4 Å². The van der Waals surface area contributed by atoms with Gasteiger partial charge in [-0.05, 0) is 23.3 Å². The average Bonchev–Trinajstić information content (AvgIpc) is 2.55. The minimum absolute atomic E-state index is 0.577. The SMILES string of the molecule is COCc1ccc(C(O)c2cnc3ccccc3c2)cc1. The molecule has 1 N–H and O–H groups in total. The molecule has 21 heavy (non-hydrogen) atoms. The average molecular weight is 279 g/mol. The normalized spacial score (nSPS) is 12.5. The van der Waals surface area contributed by atoms with Crippen LogP contribution in [0.2, 0.25) is 0 Å². The van der Waals surface area contributed by atoms with Crippen molar-refractivity contribution in [1.29, 1.82) is 0 Å². The van der Waals surface area contributed by atoms with E-state index in [9.17, 15) is 5.11 Å². The predicted octanol–water partition coefficient (Wildman–Crippen LogP) is 3.46. The van der Waals surface area contributed by atoms with Crippen molar-refractivity contribution in [3.8, 4) is 0 Å².